The first-order chi connectivity index (χ1) is 11.6. The number of aliphatic hydroxyl groups is 1. The van der Waals surface area contributed by atoms with Gasteiger partial charge in [0.2, 0.25) is 0 Å². The number of ether oxygens (including phenoxy) is 1. The Morgan fingerprint density at radius 2 is 2.17 bits per heavy atom. The largest absolute Gasteiger partial charge is 0.481 e. The Bertz CT molecular complexity index is 757. The number of likely N-dealkylation sites (tertiary alicyclic amines) is 1. The molecular weight excluding hydrogens is 302 g/mol. The second kappa shape index (κ2) is 4.23. The summed E-state index contributed by atoms with van der Waals surface area (Å²) in [4.78, 5) is 15.2. The van der Waals surface area contributed by atoms with E-state index in [2.05, 4.69) is 11.0 Å². The van der Waals surface area contributed by atoms with Crippen molar-refractivity contribution in [3.05, 3.63) is 29.3 Å². The minimum atomic E-state index is -0.821. The second-order valence-electron chi connectivity index (χ2n) is 8.56. The van der Waals surface area contributed by atoms with E-state index in [1.165, 1.54) is 18.4 Å². The van der Waals surface area contributed by atoms with Crippen LogP contribution >= 0.6 is 0 Å². The monoisotopic (exact) mass is 325 g/mol. The van der Waals surface area contributed by atoms with Gasteiger partial charge in [0, 0.05) is 24.6 Å². The minimum absolute atomic E-state index is 0.131. The summed E-state index contributed by atoms with van der Waals surface area (Å²) in [5.74, 6) is 1.84. The smallest absolute Gasteiger partial charge is 0.174 e. The SMILES string of the molecule is O=C1CC[C@@]2(O)C3Cc4cccc5c4[C@@]2(CCN3CC2CC2)[C@H]1O5. The van der Waals surface area contributed by atoms with E-state index in [-0.39, 0.29) is 11.8 Å². The third kappa shape index (κ3) is 1.42. The molecule has 4 atom stereocenters. The van der Waals surface area contributed by atoms with Crippen molar-refractivity contribution in [3.8, 4) is 5.75 Å². The van der Waals surface area contributed by atoms with Crippen LogP contribution < -0.4 is 4.74 Å². The lowest BCUT2D eigenvalue weighted by atomic mass is 9.49. The van der Waals surface area contributed by atoms with Gasteiger partial charge in [0.1, 0.15) is 5.75 Å². The lowest BCUT2D eigenvalue weighted by molar-refractivity contribution is -0.188. The van der Waals surface area contributed by atoms with Crippen LogP contribution in [0.25, 0.3) is 0 Å². The van der Waals surface area contributed by atoms with Crippen LogP contribution in [0, 0.1) is 5.92 Å². The quantitative estimate of drug-likeness (QED) is 0.901. The molecular formula is C20H23NO3. The van der Waals surface area contributed by atoms with Gasteiger partial charge < -0.3 is 9.84 Å². The van der Waals surface area contributed by atoms with Gasteiger partial charge in [-0.3, -0.25) is 9.69 Å². The first-order valence-electron chi connectivity index (χ1n) is 9.42. The molecule has 2 bridgehead atoms. The summed E-state index contributed by atoms with van der Waals surface area (Å²) in [5, 5.41) is 12.0. The Kier molecular flexibility index (Phi) is 2.44. The van der Waals surface area contributed by atoms with Gasteiger partial charge in [-0.25, -0.2) is 0 Å². The zero-order valence-electron chi connectivity index (χ0n) is 13.8. The lowest BCUT2D eigenvalue weighted by Crippen LogP contribution is -2.76. The van der Waals surface area contributed by atoms with E-state index in [9.17, 15) is 9.90 Å². The number of piperidine rings is 1. The number of ketones is 1. The fourth-order valence-electron chi connectivity index (χ4n) is 6.23. The third-order valence-corrected chi connectivity index (χ3v) is 7.46. The van der Waals surface area contributed by atoms with Crippen molar-refractivity contribution in [2.24, 2.45) is 5.92 Å². The van der Waals surface area contributed by atoms with Crippen LogP contribution in [0.3, 0.4) is 0 Å². The molecule has 3 fully saturated rings. The van der Waals surface area contributed by atoms with E-state index in [1.807, 2.05) is 12.1 Å². The average Bonchev–Trinajstić information content (AvgIpc) is 3.31. The molecule has 5 aliphatic rings. The molecule has 0 aromatic heterocycles. The number of rotatable bonds is 2. The van der Waals surface area contributed by atoms with Gasteiger partial charge in [0.15, 0.2) is 11.9 Å². The predicted octanol–water partition coefficient (Wildman–Crippen LogP) is 1.82. The van der Waals surface area contributed by atoms with E-state index < -0.39 is 17.1 Å². The maximum absolute atomic E-state index is 12.7. The Morgan fingerprint density at radius 3 is 3.00 bits per heavy atom. The number of nitrogens with zero attached hydrogens (tertiary/aromatic N) is 1. The Balaban J connectivity index is 1.56. The second-order valence-corrected chi connectivity index (χ2v) is 8.56. The number of carbonyl (C=O) groups is 1. The van der Waals surface area contributed by atoms with Gasteiger partial charge >= 0.3 is 0 Å². The van der Waals surface area contributed by atoms with Crippen LogP contribution in [0.1, 0.15) is 43.2 Å². The summed E-state index contributed by atoms with van der Waals surface area (Å²) >= 11 is 0. The molecule has 1 aromatic rings. The van der Waals surface area contributed by atoms with E-state index >= 15 is 0 Å². The van der Waals surface area contributed by atoms with Crippen LogP contribution in [0.15, 0.2) is 18.2 Å². The van der Waals surface area contributed by atoms with Gasteiger partial charge in [0.05, 0.1) is 11.0 Å². The summed E-state index contributed by atoms with van der Waals surface area (Å²) in [6.45, 7) is 2.09. The van der Waals surface area contributed by atoms with Crippen molar-refractivity contribution in [3.63, 3.8) is 0 Å². The van der Waals surface area contributed by atoms with Crippen molar-refractivity contribution < 1.29 is 14.6 Å². The summed E-state index contributed by atoms with van der Waals surface area (Å²) in [6.07, 6.45) is 4.95. The van der Waals surface area contributed by atoms with Gasteiger partial charge in [-0.1, -0.05) is 12.1 Å². The van der Waals surface area contributed by atoms with Crippen LogP contribution in [0.2, 0.25) is 0 Å². The van der Waals surface area contributed by atoms with E-state index in [1.54, 1.807) is 0 Å². The van der Waals surface area contributed by atoms with E-state index in [4.69, 9.17) is 4.74 Å². The van der Waals surface area contributed by atoms with Crippen LogP contribution in [-0.4, -0.2) is 46.6 Å². The lowest BCUT2D eigenvalue weighted by Gasteiger charge is -2.62. The zero-order valence-corrected chi connectivity index (χ0v) is 13.8. The molecule has 126 valence electrons. The molecule has 1 aromatic carbocycles. The highest BCUT2D eigenvalue weighted by Gasteiger charge is 2.72. The molecule has 0 radical (unpaired) electrons. The number of carbonyl (C=O) groups excluding carboxylic acids is 1. The number of hydrogen-bond donors (Lipinski definition) is 1. The average molecular weight is 325 g/mol. The number of hydrogen-bond acceptors (Lipinski definition) is 4. The molecule has 4 heteroatoms. The van der Waals surface area contributed by atoms with Crippen molar-refractivity contribution in [1.82, 2.24) is 4.90 Å². The van der Waals surface area contributed by atoms with Gasteiger partial charge in [-0.2, -0.15) is 0 Å². The van der Waals surface area contributed by atoms with Gasteiger partial charge in [-0.15, -0.1) is 0 Å². The Morgan fingerprint density at radius 1 is 1.29 bits per heavy atom. The molecule has 1 unspecified atom stereocenters. The normalized spacial score (nSPS) is 42.6. The topological polar surface area (TPSA) is 49.8 Å². The minimum Gasteiger partial charge on any atom is -0.481 e. The molecule has 1 saturated heterocycles. The molecule has 4 nitrogen and oxygen atoms in total. The molecule has 2 saturated carbocycles. The highest BCUT2D eigenvalue weighted by Crippen LogP contribution is 2.63. The Labute approximate surface area is 141 Å². The summed E-state index contributed by atoms with van der Waals surface area (Å²) < 4.78 is 6.16. The molecule has 2 heterocycles. The van der Waals surface area contributed by atoms with Crippen molar-refractivity contribution in [1.29, 1.82) is 0 Å². The maximum Gasteiger partial charge on any atom is 0.174 e. The molecule has 0 amide bonds. The summed E-state index contributed by atoms with van der Waals surface area (Å²) in [7, 11) is 0. The van der Waals surface area contributed by atoms with Gasteiger partial charge in [-0.05, 0) is 56.2 Å². The maximum atomic E-state index is 12.7. The van der Waals surface area contributed by atoms with E-state index in [0.29, 0.717) is 12.8 Å². The highest BCUT2D eigenvalue weighted by molar-refractivity contribution is 5.89. The van der Waals surface area contributed by atoms with Crippen LogP contribution in [-0.2, 0) is 16.6 Å². The molecule has 2 aliphatic heterocycles. The first-order valence-corrected chi connectivity index (χ1v) is 9.42. The first kappa shape index (κ1) is 13.9. The summed E-state index contributed by atoms with van der Waals surface area (Å²) in [6, 6.07) is 6.33. The fraction of sp³-hybridized carbons (Fsp3) is 0.650. The molecule has 24 heavy (non-hydrogen) atoms. The number of benzene rings is 1. The van der Waals surface area contributed by atoms with Crippen molar-refractivity contribution in [2.75, 3.05) is 13.1 Å². The fourth-order valence-corrected chi connectivity index (χ4v) is 6.23. The van der Waals surface area contributed by atoms with Crippen molar-refractivity contribution >= 4 is 5.78 Å². The zero-order chi connectivity index (χ0) is 16.1. The molecule has 6 rings (SSSR count). The highest BCUT2D eigenvalue weighted by atomic mass is 16.5. The third-order valence-electron chi connectivity index (χ3n) is 7.46. The molecule has 3 aliphatic carbocycles. The van der Waals surface area contributed by atoms with Gasteiger partial charge in [0.25, 0.3) is 0 Å². The van der Waals surface area contributed by atoms with Crippen LogP contribution in [0.5, 0.6) is 5.75 Å². The van der Waals surface area contributed by atoms with Crippen LogP contribution in [0.4, 0.5) is 0 Å². The predicted molar refractivity (Wildman–Crippen MR) is 88.1 cm³/mol. The van der Waals surface area contributed by atoms with Crippen molar-refractivity contribution in [2.45, 2.75) is 61.7 Å². The number of Topliss-reactive ketones (excluding diaryl/α,β-unsaturated/α-hetero) is 1. The molecule has 1 N–H and O–H groups in total. The van der Waals surface area contributed by atoms with E-state index in [0.717, 1.165) is 43.2 Å². The standard InChI is InChI=1S/C20H23NO3/c22-14-6-7-20(23)16-10-13-2-1-3-15-17(13)19(20,18(14)24-15)8-9-21(16)11-12-4-5-12/h1-3,12,16,18,23H,4-11H2/t16?,18-,19-,20+/m0/s1. The Hall–Kier alpha value is -1.39. The summed E-state index contributed by atoms with van der Waals surface area (Å²) in [5.41, 5.74) is 1.13. The molecule has 1 spiro atoms.